The van der Waals surface area contributed by atoms with Crippen LogP contribution in [0.1, 0.15) is 31.7 Å². The Hall–Kier alpha value is -0.880. The average molecular weight is 360 g/mol. The van der Waals surface area contributed by atoms with Gasteiger partial charge in [0, 0.05) is 23.7 Å². The van der Waals surface area contributed by atoms with Crippen molar-refractivity contribution in [3.63, 3.8) is 0 Å². The van der Waals surface area contributed by atoms with Crippen LogP contribution in [0.15, 0.2) is 23.3 Å². The SMILES string of the molecule is CC/C(=N/NC(=S)NC[C@@H]1CCCO1)c1ccc(Cl)cc1Cl. The molecular weight excluding hydrogens is 341 g/mol. The van der Waals surface area contributed by atoms with E-state index in [1.54, 1.807) is 12.1 Å². The summed E-state index contributed by atoms with van der Waals surface area (Å²) in [6.07, 6.45) is 3.14. The van der Waals surface area contributed by atoms with Gasteiger partial charge in [-0.15, -0.1) is 0 Å². The van der Waals surface area contributed by atoms with Crippen LogP contribution < -0.4 is 10.7 Å². The van der Waals surface area contributed by atoms with Crippen LogP contribution in [-0.4, -0.2) is 30.1 Å². The number of halogens is 2. The van der Waals surface area contributed by atoms with Crippen molar-refractivity contribution in [2.24, 2.45) is 5.10 Å². The molecule has 1 saturated heterocycles. The van der Waals surface area contributed by atoms with E-state index in [2.05, 4.69) is 15.8 Å². The molecule has 0 aliphatic carbocycles. The number of hydrogen-bond donors (Lipinski definition) is 2. The smallest absolute Gasteiger partial charge is 0.187 e. The van der Waals surface area contributed by atoms with E-state index >= 15 is 0 Å². The minimum atomic E-state index is 0.236. The van der Waals surface area contributed by atoms with Crippen LogP contribution in [0.3, 0.4) is 0 Å². The van der Waals surface area contributed by atoms with Crippen molar-refractivity contribution < 1.29 is 4.74 Å². The lowest BCUT2D eigenvalue weighted by molar-refractivity contribution is 0.114. The molecule has 0 radical (unpaired) electrons. The maximum absolute atomic E-state index is 6.21. The maximum atomic E-state index is 6.21. The van der Waals surface area contributed by atoms with Crippen LogP contribution in [0.4, 0.5) is 0 Å². The lowest BCUT2D eigenvalue weighted by Gasteiger charge is -2.13. The summed E-state index contributed by atoms with van der Waals surface area (Å²) in [6, 6.07) is 5.36. The van der Waals surface area contributed by atoms with E-state index in [1.165, 1.54) is 0 Å². The molecule has 4 nitrogen and oxygen atoms in total. The van der Waals surface area contributed by atoms with E-state index in [0.29, 0.717) is 21.7 Å². The van der Waals surface area contributed by atoms with Gasteiger partial charge in [0.15, 0.2) is 5.11 Å². The van der Waals surface area contributed by atoms with Crippen LogP contribution in [0.25, 0.3) is 0 Å². The third-order valence-electron chi connectivity index (χ3n) is 3.38. The van der Waals surface area contributed by atoms with Gasteiger partial charge in [-0.2, -0.15) is 5.10 Å². The van der Waals surface area contributed by atoms with Crippen molar-refractivity contribution in [1.82, 2.24) is 10.7 Å². The van der Waals surface area contributed by atoms with Crippen LogP contribution in [0, 0.1) is 0 Å². The standard InChI is InChI=1S/C15H19Cl2N3OS/c1-2-14(12-6-5-10(16)8-13(12)17)19-20-15(22)18-9-11-4-3-7-21-11/h5-6,8,11H,2-4,7,9H2,1H3,(H2,18,20,22)/b19-14-/t11-/m0/s1. The van der Waals surface area contributed by atoms with Crippen molar-refractivity contribution in [2.45, 2.75) is 32.3 Å². The molecule has 7 heteroatoms. The molecule has 1 heterocycles. The Kier molecular flexibility index (Phi) is 6.89. The highest BCUT2D eigenvalue weighted by atomic mass is 35.5. The van der Waals surface area contributed by atoms with Crippen molar-refractivity contribution in [1.29, 1.82) is 0 Å². The highest BCUT2D eigenvalue weighted by molar-refractivity contribution is 7.80. The first kappa shape index (κ1) is 17.5. The number of hydrogen-bond acceptors (Lipinski definition) is 3. The molecule has 22 heavy (non-hydrogen) atoms. The van der Waals surface area contributed by atoms with E-state index in [0.717, 1.165) is 37.1 Å². The lowest BCUT2D eigenvalue weighted by Crippen LogP contribution is -2.37. The molecule has 0 amide bonds. The predicted octanol–water partition coefficient (Wildman–Crippen LogP) is 3.75. The van der Waals surface area contributed by atoms with Gasteiger partial charge >= 0.3 is 0 Å². The summed E-state index contributed by atoms with van der Waals surface area (Å²) < 4.78 is 5.53. The van der Waals surface area contributed by atoms with Gasteiger partial charge < -0.3 is 10.1 Å². The molecule has 1 atom stereocenters. The third kappa shape index (κ3) is 5.09. The molecule has 0 bridgehead atoms. The Bertz CT molecular complexity index is 560. The number of nitrogens with zero attached hydrogens (tertiary/aromatic N) is 1. The fourth-order valence-corrected chi connectivity index (χ4v) is 2.87. The first-order chi connectivity index (χ1) is 10.6. The summed E-state index contributed by atoms with van der Waals surface area (Å²) in [4.78, 5) is 0. The second-order valence-electron chi connectivity index (χ2n) is 4.99. The normalized spacial score (nSPS) is 18.3. The first-order valence-corrected chi connectivity index (χ1v) is 8.44. The van der Waals surface area contributed by atoms with E-state index in [1.807, 2.05) is 13.0 Å². The van der Waals surface area contributed by atoms with Gasteiger partial charge in [0.05, 0.1) is 16.8 Å². The van der Waals surface area contributed by atoms with E-state index in [4.69, 9.17) is 40.2 Å². The van der Waals surface area contributed by atoms with Gasteiger partial charge in [0.1, 0.15) is 0 Å². The van der Waals surface area contributed by atoms with Crippen LogP contribution >= 0.6 is 35.4 Å². The first-order valence-electron chi connectivity index (χ1n) is 7.27. The fourth-order valence-electron chi connectivity index (χ4n) is 2.22. The van der Waals surface area contributed by atoms with Crippen molar-refractivity contribution in [3.05, 3.63) is 33.8 Å². The van der Waals surface area contributed by atoms with Crippen LogP contribution in [-0.2, 0) is 4.74 Å². The number of thiocarbonyl (C=S) groups is 1. The number of rotatable bonds is 5. The maximum Gasteiger partial charge on any atom is 0.187 e. The largest absolute Gasteiger partial charge is 0.376 e. The molecule has 2 N–H and O–H groups in total. The Morgan fingerprint density at radius 1 is 1.45 bits per heavy atom. The van der Waals surface area contributed by atoms with Gasteiger partial charge in [-0.3, -0.25) is 5.43 Å². The number of benzene rings is 1. The second-order valence-corrected chi connectivity index (χ2v) is 6.24. The quantitative estimate of drug-likeness (QED) is 0.477. The summed E-state index contributed by atoms with van der Waals surface area (Å²) in [6.45, 7) is 3.54. The highest BCUT2D eigenvalue weighted by Gasteiger charge is 2.15. The molecule has 0 spiro atoms. The predicted molar refractivity (Wildman–Crippen MR) is 96.0 cm³/mol. The van der Waals surface area contributed by atoms with Crippen molar-refractivity contribution in [2.75, 3.05) is 13.2 Å². The zero-order chi connectivity index (χ0) is 15.9. The van der Waals surface area contributed by atoms with Gasteiger partial charge in [-0.05, 0) is 43.6 Å². The molecule has 0 unspecified atom stereocenters. The highest BCUT2D eigenvalue weighted by Crippen LogP contribution is 2.22. The molecule has 0 saturated carbocycles. The number of hydrazone groups is 1. The summed E-state index contributed by atoms with van der Waals surface area (Å²) in [7, 11) is 0. The molecular formula is C15H19Cl2N3OS. The summed E-state index contributed by atoms with van der Waals surface area (Å²) >= 11 is 17.3. The number of nitrogens with one attached hydrogen (secondary N) is 2. The molecule has 120 valence electrons. The van der Waals surface area contributed by atoms with E-state index in [9.17, 15) is 0 Å². The van der Waals surface area contributed by atoms with Gasteiger partial charge in [-0.25, -0.2) is 0 Å². The minimum Gasteiger partial charge on any atom is -0.376 e. The molecule has 1 aliphatic rings. The summed E-state index contributed by atoms with van der Waals surface area (Å²) in [5.74, 6) is 0. The number of ether oxygens (including phenoxy) is 1. The van der Waals surface area contributed by atoms with Gasteiger partial charge in [0.25, 0.3) is 0 Å². The topological polar surface area (TPSA) is 45.7 Å². The Balaban J connectivity index is 1.92. The molecule has 2 rings (SSSR count). The lowest BCUT2D eigenvalue weighted by atomic mass is 10.1. The minimum absolute atomic E-state index is 0.236. The Morgan fingerprint density at radius 3 is 2.91 bits per heavy atom. The molecule has 1 fully saturated rings. The van der Waals surface area contributed by atoms with Crippen molar-refractivity contribution >= 4 is 46.2 Å². The zero-order valence-corrected chi connectivity index (χ0v) is 14.7. The van der Waals surface area contributed by atoms with Crippen LogP contribution in [0.2, 0.25) is 10.0 Å². The molecule has 1 aromatic rings. The van der Waals surface area contributed by atoms with Crippen LogP contribution in [0.5, 0.6) is 0 Å². The van der Waals surface area contributed by atoms with E-state index < -0.39 is 0 Å². The van der Waals surface area contributed by atoms with Gasteiger partial charge in [-0.1, -0.05) is 36.2 Å². The molecule has 1 aliphatic heterocycles. The monoisotopic (exact) mass is 359 g/mol. The molecule has 1 aromatic carbocycles. The fraction of sp³-hybridized carbons (Fsp3) is 0.467. The summed E-state index contributed by atoms with van der Waals surface area (Å²) in [5, 5.41) is 9.11. The van der Waals surface area contributed by atoms with Crippen molar-refractivity contribution in [3.8, 4) is 0 Å². The average Bonchev–Trinajstić information content (AvgIpc) is 3.00. The Morgan fingerprint density at radius 2 is 2.27 bits per heavy atom. The third-order valence-corrected chi connectivity index (χ3v) is 4.17. The zero-order valence-electron chi connectivity index (χ0n) is 12.4. The van der Waals surface area contributed by atoms with E-state index in [-0.39, 0.29) is 6.10 Å². The van der Waals surface area contributed by atoms with Gasteiger partial charge in [0.2, 0.25) is 0 Å². The Labute approximate surface area is 146 Å². The second kappa shape index (κ2) is 8.67. The molecule has 0 aromatic heterocycles. The summed E-state index contributed by atoms with van der Waals surface area (Å²) in [5.41, 5.74) is 4.53.